The van der Waals surface area contributed by atoms with Crippen LogP contribution in [0.15, 0.2) is 18.2 Å². The fraction of sp³-hybridized carbons (Fsp3) is 0.412. The third-order valence-electron chi connectivity index (χ3n) is 4.18. The van der Waals surface area contributed by atoms with E-state index in [0.717, 1.165) is 11.4 Å². The van der Waals surface area contributed by atoms with Gasteiger partial charge in [0.25, 0.3) is 0 Å². The molecule has 0 spiro atoms. The Morgan fingerprint density at radius 2 is 1.68 bits per heavy atom. The molecule has 2 nitrogen and oxygen atoms in total. The van der Waals surface area contributed by atoms with Gasteiger partial charge in [-0.05, 0) is 62.4 Å². The highest BCUT2D eigenvalue weighted by atomic mass is 16.3. The number of hydrogen-bond acceptors (Lipinski definition) is 1. The van der Waals surface area contributed by atoms with Crippen LogP contribution in [0, 0.1) is 34.6 Å². The summed E-state index contributed by atoms with van der Waals surface area (Å²) in [4.78, 5) is 3.31. The third-order valence-corrected chi connectivity index (χ3v) is 4.18. The molecule has 1 aromatic heterocycles. The number of aromatic amines is 1. The van der Waals surface area contributed by atoms with Gasteiger partial charge in [-0.1, -0.05) is 18.2 Å². The Morgan fingerprint density at radius 3 is 2.21 bits per heavy atom. The molecule has 2 N–H and O–H groups in total. The van der Waals surface area contributed by atoms with Crippen molar-refractivity contribution < 1.29 is 5.11 Å². The lowest BCUT2D eigenvalue weighted by molar-refractivity contribution is 0.173. The Kier molecular flexibility index (Phi) is 3.81. The molecule has 0 bridgehead atoms. The van der Waals surface area contributed by atoms with Crippen LogP contribution in [0.25, 0.3) is 0 Å². The lowest BCUT2D eigenvalue weighted by Crippen LogP contribution is -2.04. The van der Waals surface area contributed by atoms with E-state index in [4.69, 9.17) is 0 Å². The van der Waals surface area contributed by atoms with Gasteiger partial charge in [0.1, 0.15) is 0 Å². The van der Waals surface area contributed by atoms with E-state index < -0.39 is 6.10 Å². The van der Waals surface area contributed by atoms with Gasteiger partial charge in [-0.25, -0.2) is 0 Å². The maximum Gasteiger partial charge on any atom is 0.0980 e. The van der Waals surface area contributed by atoms with Crippen LogP contribution in [0.1, 0.15) is 45.3 Å². The Morgan fingerprint density at radius 1 is 1.00 bits per heavy atom. The summed E-state index contributed by atoms with van der Waals surface area (Å²) in [7, 11) is 0. The molecule has 1 aromatic carbocycles. The number of hydrogen-bond donors (Lipinski definition) is 2. The van der Waals surface area contributed by atoms with Gasteiger partial charge in [-0.2, -0.15) is 0 Å². The number of aliphatic hydroxyl groups is 1. The molecule has 102 valence electrons. The number of nitrogens with one attached hydrogen (secondary N) is 1. The first-order valence-electron chi connectivity index (χ1n) is 6.80. The van der Waals surface area contributed by atoms with Crippen LogP contribution in [-0.2, 0) is 6.42 Å². The second-order valence-corrected chi connectivity index (χ2v) is 5.55. The summed E-state index contributed by atoms with van der Waals surface area (Å²) in [6.45, 7) is 10.4. The van der Waals surface area contributed by atoms with Crippen molar-refractivity contribution in [2.45, 2.75) is 47.1 Å². The number of aryl methyl sites for hydroxylation is 3. The fourth-order valence-electron chi connectivity index (χ4n) is 2.46. The highest BCUT2D eigenvalue weighted by molar-refractivity contribution is 5.37. The molecule has 1 atom stereocenters. The Bertz CT molecular complexity index is 596. The van der Waals surface area contributed by atoms with Crippen molar-refractivity contribution >= 4 is 0 Å². The Balaban J connectivity index is 2.22. The van der Waals surface area contributed by atoms with Gasteiger partial charge >= 0.3 is 0 Å². The lowest BCUT2D eigenvalue weighted by Gasteiger charge is -2.12. The van der Waals surface area contributed by atoms with Crippen LogP contribution in [-0.4, -0.2) is 10.1 Å². The van der Waals surface area contributed by atoms with E-state index in [0.29, 0.717) is 6.42 Å². The molecule has 0 saturated heterocycles. The van der Waals surface area contributed by atoms with Crippen LogP contribution in [0.3, 0.4) is 0 Å². The van der Waals surface area contributed by atoms with Gasteiger partial charge in [0, 0.05) is 17.8 Å². The molecule has 0 aliphatic heterocycles. The molecule has 0 fully saturated rings. The predicted molar refractivity (Wildman–Crippen MR) is 79.6 cm³/mol. The highest BCUT2D eigenvalue weighted by Crippen LogP contribution is 2.25. The van der Waals surface area contributed by atoms with Crippen molar-refractivity contribution in [3.05, 3.63) is 57.4 Å². The monoisotopic (exact) mass is 257 g/mol. The molecule has 2 aromatic rings. The van der Waals surface area contributed by atoms with Crippen LogP contribution in [0.2, 0.25) is 0 Å². The summed E-state index contributed by atoms with van der Waals surface area (Å²) in [6.07, 6.45) is 0.191. The quantitative estimate of drug-likeness (QED) is 0.861. The van der Waals surface area contributed by atoms with E-state index in [1.54, 1.807) is 0 Å². The number of benzene rings is 1. The molecular weight excluding hydrogens is 234 g/mol. The van der Waals surface area contributed by atoms with E-state index >= 15 is 0 Å². The smallest absolute Gasteiger partial charge is 0.0980 e. The summed E-state index contributed by atoms with van der Waals surface area (Å²) >= 11 is 0. The summed E-state index contributed by atoms with van der Waals surface area (Å²) in [5, 5.41) is 10.4. The summed E-state index contributed by atoms with van der Waals surface area (Å²) in [5.41, 5.74) is 8.27. The standard InChI is InChI=1S/C17H23NO/c1-10-6-7-15(8-11(10)2)9-16(19)17-13(4)12(3)14(5)18-17/h6-8,16,18-19H,9H2,1-5H3. The Labute approximate surface area is 115 Å². The van der Waals surface area contributed by atoms with E-state index in [1.165, 1.54) is 27.8 Å². The van der Waals surface area contributed by atoms with Crippen LogP contribution < -0.4 is 0 Å². The molecule has 0 amide bonds. The largest absolute Gasteiger partial charge is 0.387 e. The minimum Gasteiger partial charge on any atom is -0.387 e. The van der Waals surface area contributed by atoms with Gasteiger partial charge < -0.3 is 10.1 Å². The van der Waals surface area contributed by atoms with Gasteiger partial charge in [0.05, 0.1) is 6.10 Å². The third kappa shape index (κ3) is 2.74. The number of aromatic nitrogens is 1. The SMILES string of the molecule is Cc1ccc(CC(O)c2[nH]c(C)c(C)c2C)cc1C. The number of H-pyrrole nitrogens is 1. The maximum absolute atomic E-state index is 10.4. The molecule has 1 unspecified atom stereocenters. The van der Waals surface area contributed by atoms with Gasteiger partial charge in [-0.15, -0.1) is 0 Å². The van der Waals surface area contributed by atoms with Crippen molar-refractivity contribution in [1.82, 2.24) is 4.98 Å². The molecule has 2 heteroatoms. The molecule has 0 aliphatic carbocycles. The minimum atomic E-state index is -0.463. The maximum atomic E-state index is 10.4. The molecule has 19 heavy (non-hydrogen) atoms. The summed E-state index contributed by atoms with van der Waals surface area (Å²) in [5.74, 6) is 0. The van der Waals surface area contributed by atoms with Crippen molar-refractivity contribution in [2.75, 3.05) is 0 Å². The fourth-order valence-corrected chi connectivity index (χ4v) is 2.46. The van der Waals surface area contributed by atoms with Crippen molar-refractivity contribution in [3.63, 3.8) is 0 Å². The molecule has 1 heterocycles. The number of aliphatic hydroxyl groups excluding tert-OH is 1. The molecule has 2 rings (SSSR count). The molecule has 0 radical (unpaired) electrons. The first-order valence-corrected chi connectivity index (χ1v) is 6.80. The first-order chi connectivity index (χ1) is 8.90. The summed E-state index contributed by atoms with van der Waals surface area (Å²) < 4.78 is 0. The topological polar surface area (TPSA) is 36.0 Å². The van der Waals surface area contributed by atoms with E-state index in [9.17, 15) is 5.11 Å². The van der Waals surface area contributed by atoms with Gasteiger partial charge in [0.2, 0.25) is 0 Å². The zero-order valence-corrected chi connectivity index (χ0v) is 12.5. The van der Waals surface area contributed by atoms with Crippen molar-refractivity contribution in [1.29, 1.82) is 0 Å². The second kappa shape index (κ2) is 5.22. The van der Waals surface area contributed by atoms with E-state index in [1.807, 2.05) is 0 Å². The second-order valence-electron chi connectivity index (χ2n) is 5.55. The lowest BCUT2D eigenvalue weighted by atomic mass is 9.99. The van der Waals surface area contributed by atoms with Gasteiger partial charge in [0.15, 0.2) is 0 Å². The zero-order chi connectivity index (χ0) is 14.2. The predicted octanol–water partition coefficient (Wildman–Crippen LogP) is 3.83. The van der Waals surface area contributed by atoms with Crippen molar-refractivity contribution in [2.24, 2.45) is 0 Å². The van der Waals surface area contributed by atoms with Crippen molar-refractivity contribution in [3.8, 4) is 0 Å². The number of rotatable bonds is 3. The average molecular weight is 257 g/mol. The van der Waals surface area contributed by atoms with Crippen LogP contribution in [0.4, 0.5) is 0 Å². The van der Waals surface area contributed by atoms with E-state index in [2.05, 4.69) is 57.8 Å². The Hall–Kier alpha value is -1.54. The molecule has 0 saturated carbocycles. The highest BCUT2D eigenvalue weighted by Gasteiger charge is 2.16. The first kappa shape index (κ1) is 13.9. The summed E-state index contributed by atoms with van der Waals surface area (Å²) in [6, 6.07) is 6.38. The minimum absolute atomic E-state index is 0.463. The molecule has 0 aliphatic rings. The van der Waals surface area contributed by atoms with Crippen LogP contribution >= 0.6 is 0 Å². The zero-order valence-electron chi connectivity index (χ0n) is 12.5. The van der Waals surface area contributed by atoms with Gasteiger partial charge in [-0.3, -0.25) is 0 Å². The van der Waals surface area contributed by atoms with E-state index in [-0.39, 0.29) is 0 Å². The van der Waals surface area contributed by atoms with Crippen LogP contribution in [0.5, 0.6) is 0 Å². The average Bonchev–Trinajstić information content (AvgIpc) is 2.62. The normalized spacial score (nSPS) is 12.7. The molecular formula is C17H23NO.